The number of aryl methyl sites for hydroxylation is 1. The fraction of sp³-hybridized carbons (Fsp3) is 0.312. The van der Waals surface area contributed by atoms with Crippen LogP contribution in [-0.4, -0.2) is 26.4 Å². The maximum absolute atomic E-state index is 12.2. The molecule has 1 aromatic heterocycles. The molecule has 1 atom stereocenters. The normalized spacial score (nSPS) is 13.9. The van der Waals surface area contributed by atoms with Crippen LogP contribution in [0.5, 0.6) is 11.5 Å². The second-order valence-electron chi connectivity index (χ2n) is 4.95. The highest BCUT2D eigenvalue weighted by Crippen LogP contribution is 2.32. The van der Waals surface area contributed by atoms with Crippen LogP contribution >= 0.6 is 11.3 Å². The summed E-state index contributed by atoms with van der Waals surface area (Å²) in [5, 5.41) is 2.90. The van der Waals surface area contributed by atoms with Crippen LogP contribution in [0.15, 0.2) is 30.3 Å². The molecular weight excluding hydrogens is 302 g/mol. The number of thiophene rings is 1. The van der Waals surface area contributed by atoms with Crippen molar-refractivity contribution in [1.82, 2.24) is 5.32 Å². The van der Waals surface area contributed by atoms with E-state index in [1.807, 2.05) is 19.1 Å². The van der Waals surface area contributed by atoms with Crippen LogP contribution in [0.3, 0.4) is 0 Å². The highest BCUT2D eigenvalue weighted by molar-refractivity contribution is 7.12. The zero-order chi connectivity index (χ0) is 15.5. The molecule has 1 amide bonds. The lowest BCUT2D eigenvalue weighted by atomic mass is 10.2. The zero-order valence-electron chi connectivity index (χ0n) is 12.4. The third-order valence-corrected chi connectivity index (χ3v) is 4.54. The van der Waals surface area contributed by atoms with Crippen molar-refractivity contribution in [3.63, 3.8) is 0 Å². The van der Waals surface area contributed by atoms with Crippen LogP contribution in [0.25, 0.3) is 0 Å². The molecule has 1 N–H and O–H groups in total. The number of fused-ring (bicyclic) bond motifs is 1. The second-order valence-corrected chi connectivity index (χ2v) is 6.27. The van der Waals surface area contributed by atoms with Crippen molar-refractivity contribution in [2.45, 2.75) is 13.0 Å². The topological polar surface area (TPSA) is 56.8 Å². The Hall–Kier alpha value is -2.05. The van der Waals surface area contributed by atoms with Crippen LogP contribution in [0.2, 0.25) is 0 Å². The molecule has 5 nitrogen and oxygen atoms in total. The van der Waals surface area contributed by atoms with E-state index in [1.54, 1.807) is 36.6 Å². The van der Waals surface area contributed by atoms with Gasteiger partial charge in [-0.1, -0.05) is 0 Å². The van der Waals surface area contributed by atoms with Crippen molar-refractivity contribution < 1.29 is 19.0 Å². The predicted molar refractivity (Wildman–Crippen MR) is 83.7 cm³/mol. The SMILES string of the molecule is COC(CNC(=O)c1ccc2c(c1)OCO2)c1ccc(C)s1. The van der Waals surface area contributed by atoms with Crippen LogP contribution in [0.4, 0.5) is 0 Å². The summed E-state index contributed by atoms with van der Waals surface area (Å²) in [5.74, 6) is 1.11. The molecule has 116 valence electrons. The van der Waals surface area contributed by atoms with Crippen molar-refractivity contribution in [2.75, 3.05) is 20.4 Å². The Morgan fingerprint density at radius 3 is 2.86 bits per heavy atom. The Morgan fingerprint density at radius 1 is 1.32 bits per heavy atom. The van der Waals surface area contributed by atoms with Gasteiger partial charge in [0.1, 0.15) is 6.10 Å². The van der Waals surface area contributed by atoms with Gasteiger partial charge in [0.05, 0.1) is 0 Å². The Labute approximate surface area is 132 Å². The first kappa shape index (κ1) is 14.9. The molecular formula is C16H17NO4S. The Balaban J connectivity index is 1.64. The average Bonchev–Trinajstić information content (AvgIpc) is 3.15. The number of hydrogen-bond donors (Lipinski definition) is 1. The van der Waals surface area contributed by atoms with Gasteiger partial charge in [-0.25, -0.2) is 0 Å². The summed E-state index contributed by atoms with van der Waals surface area (Å²) >= 11 is 1.67. The lowest BCUT2D eigenvalue weighted by Crippen LogP contribution is -2.28. The monoisotopic (exact) mass is 319 g/mol. The number of nitrogens with one attached hydrogen (secondary N) is 1. The van der Waals surface area contributed by atoms with Crippen LogP contribution in [-0.2, 0) is 4.74 Å². The van der Waals surface area contributed by atoms with Gasteiger partial charge in [0.2, 0.25) is 6.79 Å². The summed E-state index contributed by atoms with van der Waals surface area (Å²) in [6.07, 6.45) is -0.142. The molecule has 0 bridgehead atoms. The Bertz CT molecular complexity index is 683. The van der Waals surface area contributed by atoms with Crippen molar-refractivity contribution >= 4 is 17.2 Å². The van der Waals surface area contributed by atoms with Crippen molar-refractivity contribution in [3.8, 4) is 11.5 Å². The third-order valence-electron chi connectivity index (χ3n) is 3.45. The van der Waals surface area contributed by atoms with E-state index in [2.05, 4.69) is 5.32 Å². The van der Waals surface area contributed by atoms with Gasteiger partial charge in [0.15, 0.2) is 11.5 Å². The molecule has 0 fully saturated rings. The molecule has 2 aromatic rings. The summed E-state index contributed by atoms with van der Waals surface area (Å²) in [7, 11) is 1.65. The quantitative estimate of drug-likeness (QED) is 0.920. The molecule has 2 heterocycles. The number of carbonyl (C=O) groups excluding carboxylic acids is 1. The third kappa shape index (κ3) is 3.08. The van der Waals surface area contributed by atoms with E-state index in [4.69, 9.17) is 14.2 Å². The zero-order valence-corrected chi connectivity index (χ0v) is 13.2. The molecule has 0 aliphatic carbocycles. The van der Waals surface area contributed by atoms with E-state index in [-0.39, 0.29) is 18.8 Å². The Morgan fingerprint density at radius 2 is 2.14 bits per heavy atom. The minimum atomic E-state index is -0.159. The van der Waals surface area contributed by atoms with Crippen LogP contribution in [0, 0.1) is 6.92 Å². The van der Waals surface area contributed by atoms with E-state index in [1.165, 1.54) is 4.88 Å². The number of rotatable bonds is 5. The molecule has 1 aromatic carbocycles. The lowest BCUT2D eigenvalue weighted by Gasteiger charge is -2.14. The minimum Gasteiger partial charge on any atom is -0.454 e. The molecule has 1 aliphatic heterocycles. The lowest BCUT2D eigenvalue weighted by molar-refractivity contribution is 0.0837. The average molecular weight is 319 g/mol. The number of ether oxygens (including phenoxy) is 3. The van der Waals surface area contributed by atoms with E-state index >= 15 is 0 Å². The summed E-state index contributed by atoms with van der Waals surface area (Å²) in [6.45, 7) is 2.67. The largest absolute Gasteiger partial charge is 0.454 e. The molecule has 1 unspecified atom stereocenters. The molecule has 3 rings (SSSR count). The van der Waals surface area contributed by atoms with E-state index in [0.717, 1.165) is 4.88 Å². The van der Waals surface area contributed by atoms with Gasteiger partial charge in [0, 0.05) is 29.0 Å². The number of hydrogen-bond acceptors (Lipinski definition) is 5. The molecule has 0 saturated carbocycles. The van der Waals surface area contributed by atoms with Gasteiger partial charge in [0.25, 0.3) is 5.91 Å². The van der Waals surface area contributed by atoms with Crippen molar-refractivity contribution in [1.29, 1.82) is 0 Å². The van der Waals surface area contributed by atoms with E-state index in [0.29, 0.717) is 23.6 Å². The number of methoxy groups -OCH3 is 1. The molecule has 22 heavy (non-hydrogen) atoms. The maximum atomic E-state index is 12.2. The van der Waals surface area contributed by atoms with E-state index < -0.39 is 0 Å². The van der Waals surface area contributed by atoms with Crippen LogP contribution < -0.4 is 14.8 Å². The van der Waals surface area contributed by atoms with Gasteiger partial charge in [-0.2, -0.15) is 0 Å². The number of carbonyl (C=O) groups is 1. The van der Waals surface area contributed by atoms with Crippen molar-refractivity contribution in [3.05, 3.63) is 45.6 Å². The van der Waals surface area contributed by atoms with E-state index in [9.17, 15) is 4.79 Å². The first-order valence-corrected chi connectivity index (χ1v) is 7.76. The molecule has 0 spiro atoms. The predicted octanol–water partition coefficient (Wildman–Crippen LogP) is 2.90. The highest BCUT2D eigenvalue weighted by Gasteiger charge is 2.18. The minimum absolute atomic E-state index is 0.142. The van der Waals surface area contributed by atoms with Gasteiger partial charge >= 0.3 is 0 Å². The van der Waals surface area contributed by atoms with Crippen LogP contribution in [0.1, 0.15) is 26.2 Å². The smallest absolute Gasteiger partial charge is 0.251 e. The fourth-order valence-corrected chi connectivity index (χ4v) is 3.21. The summed E-state index contributed by atoms with van der Waals surface area (Å²) < 4.78 is 16.0. The first-order chi connectivity index (χ1) is 10.7. The molecule has 0 radical (unpaired) electrons. The summed E-state index contributed by atoms with van der Waals surface area (Å²) in [5.41, 5.74) is 0.543. The maximum Gasteiger partial charge on any atom is 0.251 e. The summed E-state index contributed by atoms with van der Waals surface area (Å²) in [4.78, 5) is 14.6. The van der Waals surface area contributed by atoms with Gasteiger partial charge < -0.3 is 19.5 Å². The van der Waals surface area contributed by atoms with Gasteiger partial charge in [-0.3, -0.25) is 4.79 Å². The number of amides is 1. The molecule has 0 saturated heterocycles. The standard InChI is InChI=1S/C16H17NO4S/c1-10-3-6-15(22-10)14(19-2)8-17-16(18)11-4-5-12-13(7-11)21-9-20-12/h3-7,14H,8-9H2,1-2H3,(H,17,18). The fourth-order valence-electron chi connectivity index (χ4n) is 2.25. The molecule has 6 heteroatoms. The highest BCUT2D eigenvalue weighted by atomic mass is 32.1. The number of benzene rings is 1. The molecule has 1 aliphatic rings. The first-order valence-electron chi connectivity index (χ1n) is 6.94. The van der Waals surface area contributed by atoms with Gasteiger partial charge in [-0.05, 0) is 37.3 Å². The second kappa shape index (κ2) is 6.37. The van der Waals surface area contributed by atoms with Crippen molar-refractivity contribution in [2.24, 2.45) is 0 Å². The van der Waals surface area contributed by atoms with Gasteiger partial charge in [-0.15, -0.1) is 11.3 Å². The Kier molecular flexibility index (Phi) is 4.31. The summed E-state index contributed by atoms with van der Waals surface area (Å²) in [6, 6.07) is 9.23.